The van der Waals surface area contributed by atoms with Crippen LogP contribution in [0.1, 0.15) is 121 Å². The van der Waals surface area contributed by atoms with E-state index in [4.69, 9.17) is 4.89 Å². The molecule has 2 spiro atoms. The van der Waals surface area contributed by atoms with Crippen LogP contribution < -0.4 is 10.6 Å². The van der Waals surface area contributed by atoms with E-state index in [0.717, 1.165) is 22.9 Å². The lowest BCUT2D eigenvalue weighted by atomic mass is 9.54. The summed E-state index contributed by atoms with van der Waals surface area (Å²) in [5, 5.41) is 36.6. The number of thioether (sulfide) groups is 1. The molecule has 4 aliphatic carbocycles. The fraction of sp³-hybridized carbons (Fsp3) is 0.708. The van der Waals surface area contributed by atoms with Crippen LogP contribution in [0.25, 0.3) is 0 Å². The van der Waals surface area contributed by atoms with Crippen LogP contribution in [0.5, 0.6) is 0 Å². The molecule has 0 saturated carbocycles. The molecular formula is C48H68N2O10S. The maximum atomic E-state index is 16.1. The van der Waals surface area contributed by atoms with Gasteiger partial charge in [0.05, 0.1) is 10.5 Å². The minimum atomic E-state index is -1.93. The number of ketones is 4. The van der Waals surface area contributed by atoms with Crippen LogP contribution >= 0.6 is 11.8 Å². The molecule has 336 valence electrons. The third-order valence-corrected chi connectivity index (χ3v) is 16.6. The van der Waals surface area contributed by atoms with Gasteiger partial charge in [-0.3, -0.25) is 34.0 Å². The molecule has 0 aromatic carbocycles. The second-order valence-corrected chi connectivity index (χ2v) is 21.5. The van der Waals surface area contributed by atoms with Crippen LogP contribution in [0.15, 0.2) is 46.1 Å². The number of Topliss-reactive ketones (excluding diaryl/α,β-unsaturated/α-hetero) is 4. The highest BCUT2D eigenvalue weighted by Gasteiger charge is 2.70. The standard InChI is InChI=1S/C48H68N2O10S/c1-22(2)15-32-40-27(8)26(7)19-30-17-24(5)11-13-34(51)36(53)20-38(43(55)47(30,40)45(57)49-32)61-39-21-37(54)35(52)14-12-25(6)18-31-42(60-59)29(10)28(9)41-33(16-23(3)4)50-46(58)48(31,41)44(39)56/h17-19,22-23,27,30-35,38-42,51-52,59H,11-16,20-21H2,1-10H3,(H,49,57)(H,50,58)/b24-17+,25-18+/t27-,30+,31+,32+,33+,34-,35-,38-,39-,40+,41+,42?,47+,48+/m1/s1. The Morgan fingerprint density at radius 3 is 1.75 bits per heavy atom. The number of aliphatic hydroxyl groups is 2. The first kappa shape index (κ1) is 47.3. The molecule has 2 amide bonds. The van der Waals surface area contributed by atoms with Crippen molar-refractivity contribution in [3.05, 3.63) is 46.1 Å². The van der Waals surface area contributed by atoms with Gasteiger partial charge in [-0.05, 0) is 96.5 Å². The zero-order chi connectivity index (χ0) is 45.0. The number of carbonyl (C=O) groups is 6. The number of hydrogen-bond donors (Lipinski definition) is 5. The van der Waals surface area contributed by atoms with Gasteiger partial charge in [0, 0.05) is 48.6 Å². The number of carbonyl (C=O) groups excluding carboxylic acids is 6. The highest BCUT2D eigenvalue weighted by Crippen LogP contribution is 2.59. The van der Waals surface area contributed by atoms with Gasteiger partial charge in [-0.2, -0.15) is 0 Å². The van der Waals surface area contributed by atoms with Gasteiger partial charge in [-0.25, -0.2) is 4.89 Å². The van der Waals surface area contributed by atoms with Crippen molar-refractivity contribution in [1.82, 2.24) is 10.6 Å². The van der Waals surface area contributed by atoms with Gasteiger partial charge < -0.3 is 20.8 Å². The summed E-state index contributed by atoms with van der Waals surface area (Å²) in [7, 11) is 0. The predicted molar refractivity (Wildman–Crippen MR) is 233 cm³/mol. The van der Waals surface area contributed by atoms with Crippen LogP contribution in [0.4, 0.5) is 0 Å². The van der Waals surface area contributed by atoms with Gasteiger partial charge in [0.15, 0.2) is 23.1 Å². The maximum Gasteiger partial charge on any atom is 0.235 e. The van der Waals surface area contributed by atoms with E-state index in [1.54, 1.807) is 13.0 Å². The van der Waals surface area contributed by atoms with E-state index in [0.29, 0.717) is 36.0 Å². The molecule has 6 aliphatic rings. The van der Waals surface area contributed by atoms with Crippen LogP contribution in [0.2, 0.25) is 0 Å². The lowest BCUT2D eigenvalue weighted by Gasteiger charge is -2.48. The molecule has 14 atom stereocenters. The lowest BCUT2D eigenvalue weighted by Crippen LogP contribution is -2.59. The molecule has 1 unspecified atom stereocenters. The Bertz CT molecular complexity index is 1950. The van der Waals surface area contributed by atoms with Crippen molar-refractivity contribution in [1.29, 1.82) is 0 Å². The van der Waals surface area contributed by atoms with Gasteiger partial charge in [-0.1, -0.05) is 75.1 Å². The fourth-order valence-electron chi connectivity index (χ4n) is 12.1. The van der Waals surface area contributed by atoms with Gasteiger partial charge in [-0.15, -0.1) is 11.8 Å². The SMILES string of the molecule is CC1=C[C@@H]2/C=C(\C)CC[C@@H](O)C(=O)C[C@@H](S[C@@H]3CC(=O)[C@H](O)CC/C(C)=C/[C@H]4C(OO)C(C)=C(C)[C@H]5[C@H](CC(C)C)NC(=O)[C@@]45C3=O)C(=O)[C@]23C(=O)N[C@@H](CC(C)C)[C@@H]3[C@@H]1C. The quantitative estimate of drug-likeness (QED) is 0.0866. The molecule has 2 heterocycles. The van der Waals surface area contributed by atoms with Crippen LogP contribution in [0, 0.1) is 52.3 Å². The third-order valence-electron chi connectivity index (χ3n) is 15.2. The minimum Gasteiger partial charge on any atom is -0.385 e. The Kier molecular flexibility index (Phi) is 14.0. The topological polar surface area (TPSA) is 196 Å². The Hall–Kier alpha value is -3.23. The van der Waals surface area contributed by atoms with Crippen LogP contribution in [0.3, 0.4) is 0 Å². The van der Waals surface area contributed by atoms with E-state index in [1.807, 2.05) is 60.6 Å². The highest BCUT2D eigenvalue weighted by atomic mass is 32.2. The second-order valence-electron chi connectivity index (χ2n) is 20.1. The van der Waals surface area contributed by atoms with E-state index in [1.165, 1.54) is 0 Å². The number of rotatable bonds is 7. The molecule has 6 rings (SSSR count). The predicted octanol–water partition coefficient (Wildman–Crippen LogP) is 6.05. The molecule has 61 heavy (non-hydrogen) atoms. The van der Waals surface area contributed by atoms with Gasteiger partial charge >= 0.3 is 0 Å². The smallest absolute Gasteiger partial charge is 0.235 e. The van der Waals surface area contributed by atoms with Crippen LogP contribution in [-0.4, -0.2) is 91.3 Å². The third kappa shape index (κ3) is 8.13. The van der Waals surface area contributed by atoms with E-state index >= 15 is 14.4 Å². The van der Waals surface area contributed by atoms with Crippen molar-refractivity contribution in [3.63, 3.8) is 0 Å². The summed E-state index contributed by atoms with van der Waals surface area (Å²) in [5.41, 5.74) is 0.281. The zero-order valence-electron chi connectivity index (χ0n) is 37.6. The number of nitrogens with one attached hydrogen (secondary N) is 2. The van der Waals surface area contributed by atoms with Crippen molar-refractivity contribution in [2.45, 2.75) is 161 Å². The molecule has 0 aromatic heterocycles. The van der Waals surface area contributed by atoms with Crippen molar-refractivity contribution in [2.24, 2.45) is 52.3 Å². The Morgan fingerprint density at radius 1 is 0.721 bits per heavy atom. The van der Waals surface area contributed by atoms with E-state index in [-0.39, 0.29) is 43.1 Å². The molecule has 12 nitrogen and oxygen atoms in total. The molecule has 0 bridgehead atoms. The van der Waals surface area contributed by atoms with E-state index in [9.17, 15) is 29.9 Å². The zero-order valence-corrected chi connectivity index (χ0v) is 38.4. The summed E-state index contributed by atoms with van der Waals surface area (Å²) in [6.45, 7) is 19.5. The Morgan fingerprint density at radius 2 is 1.21 bits per heavy atom. The largest absolute Gasteiger partial charge is 0.385 e. The molecular weight excluding hydrogens is 797 g/mol. The van der Waals surface area contributed by atoms with Crippen molar-refractivity contribution in [2.75, 3.05) is 0 Å². The molecule has 2 saturated heterocycles. The summed E-state index contributed by atoms with van der Waals surface area (Å²) >= 11 is 0.803. The summed E-state index contributed by atoms with van der Waals surface area (Å²) in [6, 6.07) is -0.866. The molecule has 5 N–H and O–H groups in total. The van der Waals surface area contributed by atoms with Crippen LogP contribution in [-0.2, 0) is 33.7 Å². The Balaban J connectivity index is 1.59. The fourth-order valence-corrected chi connectivity index (χ4v) is 13.6. The number of amides is 2. The first-order valence-corrected chi connectivity index (χ1v) is 23.3. The van der Waals surface area contributed by atoms with Gasteiger partial charge in [0.25, 0.3) is 0 Å². The lowest BCUT2D eigenvalue weighted by molar-refractivity contribution is -0.284. The number of hydrogen-bond acceptors (Lipinski definition) is 11. The normalized spacial score (nSPS) is 41.9. The maximum absolute atomic E-state index is 16.1. The average molecular weight is 865 g/mol. The molecule has 2 fully saturated rings. The van der Waals surface area contributed by atoms with E-state index in [2.05, 4.69) is 24.5 Å². The number of aliphatic hydroxyl groups excluding tert-OH is 2. The Labute approximate surface area is 365 Å². The summed E-state index contributed by atoms with van der Waals surface area (Å²) < 4.78 is 0. The monoisotopic (exact) mass is 864 g/mol. The summed E-state index contributed by atoms with van der Waals surface area (Å²) in [4.78, 5) is 95.5. The van der Waals surface area contributed by atoms with Crippen molar-refractivity contribution < 1.29 is 49.1 Å². The summed E-state index contributed by atoms with van der Waals surface area (Å²) in [5.74, 6) is -6.45. The van der Waals surface area contributed by atoms with Gasteiger partial charge in [0.2, 0.25) is 11.8 Å². The highest BCUT2D eigenvalue weighted by molar-refractivity contribution is 8.02. The first-order valence-electron chi connectivity index (χ1n) is 22.4. The minimum absolute atomic E-state index is 0.0305. The molecule has 2 aliphatic heterocycles. The first-order chi connectivity index (χ1) is 28.6. The van der Waals surface area contributed by atoms with Crippen molar-refractivity contribution in [3.8, 4) is 0 Å². The molecule has 13 heteroatoms. The summed E-state index contributed by atoms with van der Waals surface area (Å²) in [6.07, 6.45) is 2.43. The molecule has 0 radical (unpaired) electrons. The van der Waals surface area contributed by atoms with Gasteiger partial charge in [0.1, 0.15) is 29.1 Å². The number of allylic oxidation sites excluding steroid dienone is 5. The average Bonchev–Trinajstić information content (AvgIpc) is 3.64. The van der Waals surface area contributed by atoms with Crippen molar-refractivity contribution >= 4 is 46.7 Å². The molecule has 0 aromatic rings. The van der Waals surface area contributed by atoms with E-state index < -0.39 is 117 Å². The second kappa shape index (κ2) is 18.1.